The number of aliphatic hydroxyl groups is 1. The zero-order valence-electron chi connectivity index (χ0n) is 9.78. The van der Waals surface area contributed by atoms with E-state index < -0.39 is 0 Å². The van der Waals surface area contributed by atoms with E-state index >= 15 is 0 Å². The van der Waals surface area contributed by atoms with Crippen LogP contribution in [0.5, 0.6) is 0 Å². The molecule has 0 aromatic heterocycles. The number of hydrogen-bond donors (Lipinski definition) is 2. The van der Waals surface area contributed by atoms with Crippen LogP contribution in [0.1, 0.15) is 11.6 Å². The molecule has 0 saturated carbocycles. The molecular formula is C12H19FN2O. The molecule has 1 atom stereocenters. The Morgan fingerprint density at radius 3 is 2.75 bits per heavy atom. The molecule has 2 N–H and O–H groups in total. The summed E-state index contributed by atoms with van der Waals surface area (Å²) in [6.45, 7) is 1.61. The second-order valence-electron chi connectivity index (χ2n) is 4.05. The first-order valence-electron chi connectivity index (χ1n) is 5.38. The Balaban J connectivity index is 2.53. The van der Waals surface area contributed by atoms with Gasteiger partial charge in [0.2, 0.25) is 0 Å². The van der Waals surface area contributed by atoms with Crippen LogP contribution in [0.2, 0.25) is 0 Å². The maximum Gasteiger partial charge on any atom is 0.123 e. The van der Waals surface area contributed by atoms with Crippen LogP contribution in [0.3, 0.4) is 0 Å². The van der Waals surface area contributed by atoms with E-state index in [9.17, 15) is 9.50 Å². The van der Waals surface area contributed by atoms with Crippen LogP contribution >= 0.6 is 0 Å². The fraction of sp³-hybridized carbons (Fsp3) is 0.500. The van der Waals surface area contributed by atoms with Gasteiger partial charge in [0.25, 0.3) is 0 Å². The molecule has 1 rings (SSSR count). The lowest BCUT2D eigenvalue weighted by molar-refractivity contribution is 0.240. The number of benzene rings is 1. The Labute approximate surface area is 95.9 Å². The largest absolute Gasteiger partial charge is 0.394 e. The second kappa shape index (κ2) is 6.58. The Morgan fingerprint density at radius 2 is 2.19 bits per heavy atom. The maximum atomic E-state index is 13.0. The number of aliphatic hydroxyl groups excluding tert-OH is 1. The lowest BCUT2D eigenvalue weighted by atomic mass is 10.1. The quantitative estimate of drug-likeness (QED) is 0.760. The topological polar surface area (TPSA) is 35.5 Å². The molecule has 0 aliphatic heterocycles. The molecule has 0 fully saturated rings. The lowest BCUT2D eigenvalue weighted by Gasteiger charge is -2.18. The standard InChI is InChI=1S/C12H19FN2O/c1-15(2)7-6-14-12(9-16)10-4-3-5-11(13)8-10/h3-5,8,12,14,16H,6-7,9H2,1-2H3. The first-order valence-corrected chi connectivity index (χ1v) is 5.38. The predicted molar refractivity (Wildman–Crippen MR) is 62.8 cm³/mol. The van der Waals surface area contributed by atoms with Gasteiger partial charge in [0.15, 0.2) is 0 Å². The van der Waals surface area contributed by atoms with Crippen molar-refractivity contribution in [3.63, 3.8) is 0 Å². The molecule has 0 spiro atoms. The van der Waals surface area contributed by atoms with Gasteiger partial charge >= 0.3 is 0 Å². The second-order valence-corrected chi connectivity index (χ2v) is 4.05. The summed E-state index contributed by atoms with van der Waals surface area (Å²) in [6, 6.07) is 6.12. The van der Waals surface area contributed by atoms with Crippen molar-refractivity contribution in [1.82, 2.24) is 10.2 Å². The van der Waals surface area contributed by atoms with Crippen LogP contribution in [-0.2, 0) is 0 Å². The smallest absolute Gasteiger partial charge is 0.123 e. The van der Waals surface area contributed by atoms with Crippen LogP contribution in [-0.4, -0.2) is 43.8 Å². The molecule has 0 amide bonds. The summed E-state index contributed by atoms with van der Waals surface area (Å²) in [6.07, 6.45) is 0. The normalized spacial score (nSPS) is 13.1. The van der Waals surface area contributed by atoms with Crippen molar-refractivity contribution in [3.05, 3.63) is 35.6 Å². The van der Waals surface area contributed by atoms with E-state index in [1.165, 1.54) is 12.1 Å². The van der Waals surface area contributed by atoms with Gasteiger partial charge in [-0.05, 0) is 31.8 Å². The Bertz CT molecular complexity index is 318. The summed E-state index contributed by atoms with van der Waals surface area (Å²) in [5.41, 5.74) is 0.779. The zero-order valence-corrected chi connectivity index (χ0v) is 9.78. The lowest BCUT2D eigenvalue weighted by Crippen LogP contribution is -2.31. The van der Waals surface area contributed by atoms with Crippen molar-refractivity contribution in [1.29, 1.82) is 0 Å². The van der Waals surface area contributed by atoms with E-state index in [2.05, 4.69) is 5.32 Å². The van der Waals surface area contributed by atoms with Gasteiger partial charge in [0, 0.05) is 13.1 Å². The molecule has 0 heterocycles. The fourth-order valence-electron chi connectivity index (χ4n) is 1.47. The third kappa shape index (κ3) is 4.26. The molecule has 90 valence electrons. The van der Waals surface area contributed by atoms with E-state index in [4.69, 9.17) is 0 Å². The Morgan fingerprint density at radius 1 is 1.44 bits per heavy atom. The van der Waals surface area contributed by atoms with Gasteiger partial charge in [-0.3, -0.25) is 0 Å². The first kappa shape index (κ1) is 13.1. The summed E-state index contributed by atoms with van der Waals surface area (Å²) in [5, 5.41) is 12.4. The molecule has 1 unspecified atom stereocenters. The van der Waals surface area contributed by atoms with E-state index in [1.54, 1.807) is 6.07 Å². The van der Waals surface area contributed by atoms with Crippen LogP contribution < -0.4 is 5.32 Å². The van der Waals surface area contributed by atoms with E-state index in [0.717, 1.165) is 18.7 Å². The predicted octanol–water partition coefficient (Wildman–Crippen LogP) is 1.01. The summed E-state index contributed by atoms with van der Waals surface area (Å²) in [7, 11) is 3.97. The van der Waals surface area contributed by atoms with Crippen molar-refractivity contribution in [2.75, 3.05) is 33.8 Å². The highest BCUT2D eigenvalue weighted by Gasteiger charge is 2.09. The van der Waals surface area contributed by atoms with Crippen LogP contribution in [0.25, 0.3) is 0 Å². The summed E-state index contributed by atoms with van der Waals surface area (Å²) in [5.74, 6) is -0.273. The summed E-state index contributed by atoms with van der Waals surface area (Å²) in [4.78, 5) is 2.05. The van der Waals surface area contributed by atoms with Crippen molar-refractivity contribution in [3.8, 4) is 0 Å². The SMILES string of the molecule is CN(C)CCNC(CO)c1cccc(F)c1. The minimum absolute atomic E-state index is 0.0309. The summed E-state index contributed by atoms with van der Waals surface area (Å²) < 4.78 is 13.0. The zero-order chi connectivity index (χ0) is 12.0. The van der Waals surface area contributed by atoms with Crippen molar-refractivity contribution >= 4 is 0 Å². The van der Waals surface area contributed by atoms with E-state index in [-0.39, 0.29) is 18.5 Å². The van der Waals surface area contributed by atoms with E-state index in [1.807, 2.05) is 25.1 Å². The number of nitrogens with one attached hydrogen (secondary N) is 1. The molecule has 0 aliphatic carbocycles. The molecule has 0 aliphatic rings. The van der Waals surface area contributed by atoms with Gasteiger partial charge in [0.05, 0.1) is 12.6 Å². The maximum absolute atomic E-state index is 13.0. The number of likely N-dealkylation sites (N-methyl/N-ethyl adjacent to an activating group) is 1. The third-order valence-corrected chi connectivity index (χ3v) is 2.38. The highest BCUT2D eigenvalue weighted by Crippen LogP contribution is 2.13. The van der Waals surface area contributed by atoms with Gasteiger partial charge in [0.1, 0.15) is 5.82 Å². The minimum Gasteiger partial charge on any atom is -0.394 e. The number of hydrogen-bond acceptors (Lipinski definition) is 3. The average Bonchev–Trinajstić information content (AvgIpc) is 2.24. The highest BCUT2D eigenvalue weighted by molar-refractivity contribution is 5.20. The fourth-order valence-corrected chi connectivity index (χ4v) is 1.47. The Hall–Kier alpha value is -0.970. The van der Waals surface area contributed by atoms with Gasteiger partial charge < -0.3 is 15.3 Å². The number of nitrogens with zero attached hydrogens (tertiary/aromatic N) is 1. The molecule has 0 radical (unpaired) electrons. The molecule has 0 saturated heterocycles. The summed E-state index contributed by atoms with van der Waals surface area (Å²) >= 11 is 0. The molecule has 16 heavy (non-hydrogen) atoms. The Kier molecular flexibility index (Phi) is 5.38. The van der Waals surface area contributed by atoms with Crippen LogP contribution in [0.4, 0.5) is 4.39 Å². The van der Waals surface area contributed by atoms with Crippen molar-refractivity contribution in [2.45, 2.75) is 6.04 Å². The molecule has 0 bridgehead atoms. The van der Waals surface area contributed by atoms with E-state index in [0.29, 0.717) is 0 Å². The minimum atomic E-state index is -0.273. The van der Waals surface area contributed by atoms with Gasteiger partial charge in [-0.2, -0.15) is 0 Å². The van der Waals surface area contributed by atoms with Crippen molar-refractivity contribution in [2.24, 2.45) is 0 Å². The molecular weight excluding hydrogens is 207 g/mol. The molecule has 4 heteroatoms. The number of rotatable bonds is 6. The molecule has 3 nitrogen and oxygen atoms in total. The molecule has 1 aromatic carbocycles. The van der Waals surface area contributed by atoms with Crippen molar-refractivity contribution < 1.29 is 9.50 Å². The van der Waals surface area contributed by atoms with Crippen LogP contribution in [0, 0.1) is 5.82 Å². The van der Waals surface area contributed by atoms with Gasteiger partial charge in [-0.25, -0.2) is 4.39 Å². The third-order valence-electron chi connectivity index (χ3n) is 2.38. The monoisotopic (exact) mass is 226 g/mol. The highest BCUT2D eigenvalue weighted by atomic mass is 19.1. The number of halogens is 1. The molecule has 1 aromatic rings. The van der Waals surface area contributed by atoms with Gasteiger partial charge in [-0.1, -0.05) is 12.1 Å². The first-order chi connectivity index (χ1) is 7.63. The average molecular weight is 226 g/mol. The van der Waals surface area contributed by atoms with Crippen LogP contribution in [0.15, 0.2) is 24.3 Å². The van der Waals surface area contributed by atoms with Gasteiger partial charge in [-0.15, -0.1) is 0 Å².